The number of carbonyl (C=O) groups is 2. The summed E-state index contributed by atoms with van der Waals surface area (Å²) >= 11 is 12.0. The monoisotopic (exact) mass is 312 g/mol. The fourth-order valence-electron chi connectivity index (χ4n) is 2.12. The number of hydrogen-bond acceptors (Lipinski definition) is 2. The maximum Gasteiger partial charge on any atom is 0.246 e. The zero-order valence-electron chi connectivity index (χ0n) is 10.7. The van der Waals surface area contributed by atoms with Crippen molar-refractivity contribution in [2.45, 2.75) is 6.42 Å². The Morgan fingerprint density at radius 1 is 1.30 bits per heavy atom. The molecule has 1 aliphatic rings. The highest BCUT2D eigenvalue weighted by Gasteiger charge is 2.28. The summed E-state index contributed by atoms with van der Waals surface area (Å²) in [5, 5.41) is 0.968. The average Bonchev–Trinajstić information content (AvgIpc) is 2.87. The van der Waals surface area contributed by atoms with Crippen molar-refractivity contribution in [3.63, 3.8) is 0 Å². The maximum atomic E-state index is 12.0. The molecule has 6 heteroatoms. The molecular weight excluding hydrogens is 299 g/mol. The quantitative estimate of drug-likeness (QED) is 0.871. The average molecular weight is 313 g/mol. The van der Waals surface area contributed by atoms with E-state index in [-0.39, 0.29) is 17.7 Å². The van der Waals surface area contributed by atoms with Gasteiger partial charge in [0.2, 0.25) is 11.8 Å². The third-order valence-corrected chi connectivity index (χ3v) is 3.95. The number of hydrogen-bond donors (Lipinski definition) is 1. The standard InChI is InChI=1S/C14H14Cl2N2O2/c15-11-2-1-3-12(16)10(11)4-5-13(19)18-7-6-9(8-18)14(17)20/h1-5,9H,6-8H2,(H2,17,20)/b5-4+/t9-/m1/s1. The van der Waals surface area contributed by atoms with Crippen LogP contribution in [0.3, 0.4) is 0 Å². The van der Waals surface area contributed by atoms with Gasteiger partial charge in [-0.15, -0.1) is 0 Å². The predicted octanol–water partition coefficient (Wildman–Crippen LogP) is 2.34. The summed E-state index contributed by atoms with van der Waals surface area (Å²) in [6, 6.07) is 5.15. The first kappa shape index (κ1) is 14.9. The summed E-state index contributed by atoms with van der Waals surface area (Å²) in [6.07, 6.45) is 3.61. The van der Waals surface area contributed by atoms with Gasteiger partial charge in [-0.1, -0.05) is 29.3 Å². The molecule has 1 aliphatic heterocycles. The van der Waals surface area contributed by atoms with E-state index in [0.29, 0.717) is 35.1 Å². The second-order valence-corrected chi connectivity index (χ2v) is 5.46. The van der Waals surface area contributed by atoms with Gasteiger partial charge in [0.1, 0.15) is 0 Å². The minimum atomic E-state index is -0.363. The van der Waals surface area contributed by atoms with Crippen molar-refractivity contribution >= 4 is 41.1 Å². The molecule has 1 heterocycles. The first-order valence-corrected chi connectivity index (χ1v) is 6.95. The van der Waals surface area contributed by atoms with Crippen LogP contribution in [0.25, 0.3) is 6.08 Å². The third kappa shape index (κ3) is 3.32. The van der Waals surface area contributed by atoms with E-state index in [1.165, 1.54) is 6.08 Å². The minimum Gasteiger partial charge on any atom is -0.369 e. The fourth-order valence-corrected chi connectivity index (χ4v) is 2.65. The topological polar surface area (TPSA) is 63.4 Å². The van der Waals surface area contributed by atoms with Gasteiger partial charge in [0, 0.05) is 34.8 Å². The number of carbonyl (C=O) groups excluding carboxylic acids is 2. The SMILES string of the molecule is NC(=O)[C@@H]1CCN(C(=O)/C=C/c2c(Cl)cccc2Cl)C1. The van der Waals surface area contributed by atoms with Crippen LogP contribution in [-0.2, 0) is 9.59 Å². The van der Waals surface area contributed by atoms with Gasteiger partial charge in [-0.3, -0.25) is 9.59 Å². The van der Waals surface area contributed by atoms with E-state index >= 15 is 0 Å². The van der Waals surface area contributed by atoms with E-state index in [1.807, 2.05) is 0 Å². The Morgan fingerprint density at radius 2 is 1.95 bits per heavy atom. The molecule has 1 aromatic carbocycles. The number of halogens is 2. The molecule has 0 aromatic heterocycles. The highest BCUT2D eigenvalue weighted by Crippen LogP contribution is 2.25. The number of nitrogens with two attached hydrogens (primary N) is 1. The number of amides is 2. The largest absolute Gasteiger partial charge is 0.369 e. The van der Waals surface area contributed by atoms with E-state index < -0.39 is 0 Å². The molecule has 1 saturated heterocycles. The second kappa shape index (κ2) is 6.29. The lowest BCUT2D eigenvalue weighted by Gasteiger charge is -2.13. The van der Waals surface area contributed by atoms with Gasteiger partial charge in [-0.2, -0.15) is 0 Å². The molecule has 0 spiro atoms. The molecule has 0 saturated carbocycles. The Kier molecular flexibility index (Phi) is 4.68. The minimum absolute atomic E-state index is 0.176. The fraction of sp³-hybridized carbons (Fsp3) is 0.286. The molecule has 2 rings (SSSR count). The lowest BCUT2D eigenvalue weighted by atomic mass is 10.1. The van der Waals surface area contributed by atoms with Crippen LogP contribution in [-0.4, -0.2) is 29.8 Å². The number of benzene rings is 1. The van der Waals surface area contributed by atoms with Crippen molar-refractivity contribution in [2.24, 2.45) is 11.7 Å². The van der Waals surface area contributed by atoms with Gasteiger partial charge in [-0.25, -0.2) is 0 Å². The van der Waals surface area contributed by atoms with Crippen molar-refractivity contribution in [2.75, 3.05) is 13.1 Å². The van der Waals surface area contributed by atoms with Crippen LogP contribution >= 0.6 is 23.2 Å². The first-order chi connectivity index (χ1) is 9.49. The Morgan fingerprint density at radius 3 is 2.50 bits per heavy atom. The zero-order chi connectivity index (χ0) is 14.7. The summed E-state index contributed by atoms with van der Waals surface area (Å²) < 4.78 is 0. The van der Waals surface area contributed by atoms with E-state index in [4.69, 9.17) is 28.9 Å². The third-order valence-electron chi connectivity index (χ3n) is 3.29. The molecule has 0 aliphatic carbocycles. The number of likely N-dealkylation sites (tertiary alicyclic amines) is 1. The van der Waals surface area contributed by atoms with Crippen molar-refractivity contribution in [1.29, 1.82) is 0 Å². The summed E-state index contributed by atoms with van der Waals surface area (Å²) in [5.74, 6) is -0.792. The van der Waals surface area contributed by atoms with Gasteiger partial charge in [-0.05, 0) is 24.6 Å². The molecule has 1 atom stereocenters. The van der Waals surface area contributed by atoms with Crippen LogP contribution in [0.1, 0.15) is 12.0 Å². The maximum absolute atomic E-state index is 12.0. The molecule has 2 N–H and O–H groups in total. The van der Waals surface area contributed by atoms with Crippen molar-refractivity contribution < 1.29 is 9.59 Å². The highest BCUT2D eigenvalue weighted by atomic mass is 35.5. The van der Waals surface area contributed by atoms with Crippen molar-refractivity contribution in [1.82, 2.24) is 4.90 Å². The molecule has 4 nitrogen and oxygen atoms in total. The van der Waals surface area contributed by atoms with Crippen LogP contribution < -0.4 is 5.73 Å². The van der Waals surface area contributed by atoms with E-state index in [2.05, 4.69) is 0 Å². The molecule has 1 fully saturated rings. The van der Waals surface area contributed by atoms with Gasteiger partial charge in [0.25, 0.3) is 0 Å². The van der Waals surface area contributed by atoms with Gasteiger partial charge >= 0.3 is 0 Å². The summed E-state index contributed by atoms with van der Waals surface area (Å²) in [5.41, 5.74) is 5.84. The molecule has 0 radical (unpaired) electrons. The van der Waals surface area contributed by atoms with Crippen LogP contribution in [0.15, 0.2) is 24.3 Å². The van der Waals surface area contributed by atoms with Crippen LogP contribution in [0, 0.1) is 5.92 Å². The molecule has 0 bridgehead atoms. The molecule has 1 aromatic rings. The lowest BCUT2D eigenvalue weighted by Crippen LogP contribution is -2.30. The summed E-state index contributed by atoms with van der Waals surface area (Å²) in [4.78, 5) is 24.7. The summed E-state index contributed by atoms with van der Waals surface area (Å²) in [7, 11) is 0. The van der Waals surface area contributed by atoms with Crippen molar-refractivity contribution in [3.8, 4) is 0 Å². The van der Waals surface area contributed by atoms with Gasteiger partial charge < -0.3 is 10.6 Å². The first-order valence-electron chi connectivity index (χ1n) is 6.19. The van der Waals surface area contributed by atoms with E-state index in [0.717, 1.165) is 0 Å². The number of nitrogens with zero attached hydrogens (tertiary/aromatic N) is 1. The Hall–Kier alpha value is -1.52. The van der Waals surface area contributed by atoms with Crippen molar-refractivity contribution in [3.05, 3.63) is 39.9 Å². The summed E-state index contributed by atoms with van der Waals surface area (Å²) in [6.45, 7) is 0.905. The van der Waals surface area contributed by atoms with Gasteiger partial charge in [0.15, 0.2) is 0 Å². The molecular formula is C14H14Cl2N2O2. The zero-order valence-corrected chi connectivity index (χ0v) is 12.2. The normalized spacial score (nSPS) is 18.7. The molecule has 20 heavy (non-hydrogen) atoms. The Bertz CT molecular complexity index is 552. The van der Waals surface area contributed by atoms with Crippen LogP contribution in [0.5, 0.6) is 0 Å². The molecule has 2 amide bonds. The molecule has 0 unspecified atom stereocenters. The highest BCUT2D eigenvalue weighted by molar-refractivity contribution is 6.37. The molecule has 106 valence electrons. The smallest absolute Gasteiger partial charge is 0.246 e. The van der Waals surface area contributed by atoms with E-state index in [9.17, 15) is 9.59 Å². The number of rotatable bonds is 3. The predicted molar refractivity (Wildman–Crippen MR) is 79.4 cm³/mol. The second-order valence-electron chi connectivity index (χ2n) is 4.64. The van der Waals surface area contributed by atoms with Crippen LogP contribution in [0.4, 0.5) is 0 Å². The lowest BCUT2D eigenvalue weighted by molar-refractivity contribution is -0.125. The van der Waals surface area contributed by atoms with Crippen LogP contribution in [0.2, 0.25) is 10.0 Å². The Balaban J connectivity index is 2.05. The number of primary amides is 1. The Labute approximate surface area is 127 Å². The van der Waals surface area contributed by atoms with E-state index in [1.54, 1.807) is 29.2 Å². The van der Waals surface area contributed by atoms with Gasteiger partial charge in [0.05, 0.1) is 5.92 Å².